The smallest absolute Gasteiger partial charge is 0.339 e. The average molecular weight is 209 g/mol. The van der Waals surface area contributed by atoms with E-state index in [-0.39, 0.29) is 17.4 Å². The van der Waals surface area contributed by atoms with Gasteiger partial charge in [0.05, 0.1) is 6.04 Å². The normalized spacial score (nSPS) is 11.8. The van der Waals surface area contributed by atoms with Crippen molar-refractivity contribution in [2.45, 2.75) is 13.0 Å². The van der Waals surface area contributed by atoms with E-state index in [4.69, 9.17) is 5.11 Å². The van der Waals surface area contributed by atoms with Crippen LogP contribution in [-0.4, -0.2) is 22.6 Å². The zero-order chi connectivity index (χ0) is 11.4. The number of hydrogen-bond acceptors (Lipinski definition) is 3. The summed E-state index contributed by atoms with van der Waals surface area (Å²) in [4.78, 5) is 20.8. The van der Waals surface area contributed by atoms with Gasteiger partial charge in [-0.15, -0.1) is 0 Å². The Labute approximate surface area is 86.4 Å². The summed E-state index contributed by atoms with van der Waals surface area (Å²) in [5.41, 5.74) is 0.488. The van der Waals surface area contributed by atoms with Gasteiger partial charge in [0.2, 0.25) is 6.41 Å². The Kier molecular flexibility index (Phi) is 3.28. The quantitative estimate of drug-likeness (QED) is 0.643. The second-order valence-electron chi connectivity index (χ2n) is 3.09. The van der Waals surface area contributed by atoms with Crippen molar-refractivity contribution in [3.8, 4) is 5.75 Å². The van der Waals surface area contributed by atoms with Gasteiger partial charge in [0.25, 0.3) is 0 Å². The Morgan fingerprint density at radius 2 is 2.20 bits per heavy atom. The van der Waals surface area contributed by atoms with E-state index in [1.165, 1.54) is 12.1 Å². The highest BCUT2D eigenvalue weighted by molar-refractivity contribution is 5.90. The van der Waals surface area contributed by atoms with Crippen molar-refractivity contribution in [1.82, 2.24) is 5.32 Å². The van der Waals surface area contributed by atoms with Gasteiger partial charge in [-0.2, -0.15) is 0 Å². The highest BCUT2D eigenvalue weighted by Gasteiger charge is 2.12. The van der Waals surface area contributed by atoms with Gasteiger partial charge in [-0.1, -0.05) is 6.07 Å². The summed E-state index contributed by atoms with van der Waals surface area (Å²) in [7, 11) is 0. The summed E-state index contributed by atoms with van der Waals surface area (Å²) < 4.78 is 0. The average Bonchev–Trinajstić information content (AvgIpc) is 2.17. The molecule has 80 valence electrons. The molecule has 1 aromatic carbocycles. The van der Waals surface area contributed by atoms with Crippen molar-refractivity contribution in [3.05, 3.63) is 29.3 Å². The highest BCUT2D eigenvalue weighted by Crippen LogP contribution is 2.22. The first-order valence-corrected chi connectivity index (χ1v) is 4.32. The Morgan fingerprint density at radius 1 is 1.53 bits per heavy atom. The van der Waals surface area contributed by atoms with Crippen LogP contribution in [0, 0.1) is 0 Å². The summed E-state index contributed by atoms with van der Waals surface area (Å²) in [6.45, 7) is 1.73. The minimum absolute atomic E-state index is 0.156. The molecule has 0 saturated carbocycles. The third kappa shape index (κ3) is 2.46. The Bertz CT molecular complexity index is 389. The second kappa shape index (κ2) is 4.45. The van der Waals surface area contributed by atoms with E-state index in [0.29, 0.717) is 12.0 Å². The van der Waals surface area contributed by atoms with Crippen molar-refractivity contribution in [2.24, 2.45) is 0 Å². The highest BCUT2D eigenvalue weighted by atomic mass is 16.4. The monoisotopic (exact) mass is 209 g/mol. The van der Waals surface area contributed by atoms with Crippen molar-refractivity contribution in [2.75, 3.05) is 0 Å². The van der Waals surface area contributed by atoms with Crippen LogP contribution in [-0.2, 0) is 4.79 Å². The van der Waals surface area contributed by atoms with Crippen molar-refractivity contribution >= 4 is 12.4 Å². The molecule has 1 amide bonds. The molecule has 5 heteroatoms. The fraction of sp³-hybridized carbons (Fsp3) is 0.200. The molecule has 1 aromatic rings. The van der Waals surface area contributed by atoms with Crippen LogP contribution in [0.1, 0.15) is 28.9 Å². The molecule has 0 aliphatic carbocycles. The zero-order valence-electron chi connectivity index (χ0n) is 8.10. The number of aromatic hydroxyl groups is 1. The SMILES string of the molecule is CC(NC=O)c1ccc(C(=O)O)c(O)c1. The number of carbonyl (C=O) groups excluding carboxylic acids is 1. The molecule has 5 nitrogen and oxygen atoms in total. The molecule has 3 N–H and O–H groups in total. The van der Waals surface area contributed by atoms with E-state index < -0.39 is 5.97 Å². The molecule has 1 rings (SSSR count). The van der Waals surface area contributed by atoms with Gasteiger partial charge in [0.1, 0.15) is 11.3 Å². The van der Waals surface area contributed by atoms with Crippen LogP contribution >= 0.6 is 0 Å². The number of benzene rings is 1. The number of carboxylic acids is 1. The van der Waals surface area contributed by atoms with Crippen LogP contribution in [0.3, 0.4) is 0 Å². The number of aromatic carboxylic acids is 1. The van der Waals surface area contributed by atoms with Gasteiger partial charge >= 0.3 is 5.97 Å². The fourth-order valence-corrected chi connectivity index (χ4v) is 1.20. The third-order valence-corrected chi connectivity index (χ3v) is 2.07. The molecular formula is C10H11NO4. The van der Waals surface area contributed by atoms with Crippen LogP contribution < -0.4 is 5.32 Å². The van der Waals surface area contributed by atoms with E-state index in [9.17, 15) is 14.7 Å². The molecule has 0 aliphatic rings. The van der Waals surface area contributed by atoms with Gasteiger partial charge in [0.15, 0.2) is 0 Å². The lowest BCUT2D eigenvalue weighted by atomic mass is 10.1. The Hall–Kier alpha value is -2.04. The minimum Gasteiger partial charge on any atom is -0.507 e. The van der Waals surface area contributed by atoms with Gasteiger partial charge in [0, 0.05) is 0 Å². The maximum Gasteiger partial charge on any atom is 0.339 e. The number of phenols is 1. The molecule has 0 spiro atoms. The largest absolute Gasteiger partial charge is 0.507 e. The van der Waals surface area contributed by atoms with E-state index in [0.717, 1.165) is 0 Å². The lowest BCUT2D eigenvalue weighted by Crippen LogP contribution is -2.16. The summed E-state index contributed by atoms with van der Waals surface area (Å²) >= 11 is 0. The first-order valence-electron chi connectivity index (χ1n) is 4.32. The summed E-state index contributed by atoms with van der Waals surface area (Å²) in [6, 6.07) is 3.90. The summed E-state index contributed by atoms with van der Waals surface area (Å²) in [5, 5.41) is 20.5. The van der Waals surface area contributed by atoms with E-state index >= 15 is 0 Å². The summed E-state index contributed by atoms with van der Waals surface area (Å²) in [5.74, 6) is -1.49. The molecule has 1 atom stereocenters. The predicted octanol–water partition coefficient (Wildman–Crippen LogP) is 0.897. The molecule has 0 aliphatic heterocycles. The fourth-order valence-electron chi connectivity index (χ4n) is 1.20. The molecule has 0 heterocycles. The number of carboxylic acid groups (broad SMARTS) is 1. The summed E-state index contributed by atoms with van der Waals surface area (Å²) in [6.07, 6.45) is 0.548. The number of rotatable bonds is 4. The van der Waals surface area contributed by atoms with Crippen LogP contribution in [0.25, 0.3) is 0 Å². The third-order valence-electron chi connectivity index (χ3n) is 2.07. The van der Waals surface area contributed by atoms with Gasteiger partial charge in [-0.3, -0.25) is 4.79 Å². The minimum atomic E-state index is -1.19. The number of nitrogens with one attached hydrogen (secondary N) is 1. The van der Waals surface area contributed by atoms with Gasteiger partial charge < -0.3 is 15.5 Å². The lowest BCUT2D eigenvalue weighted by Gasteiger charge is -2.11. The Morgan fingerprint density at radius 3 is 2.67 bits per heavy atom. The van der Waals surface area contributed by atoms with Crippen LogP contribution in [0.15, 0.2) is 18.2 Å². The first-order chi connectivity index (χ1) is 7.06. The van der Waals surface area contributed by atoms with Crippen molar-refractivity contribution in [1.29, 1.82) is 0 Å². The van der Waals surface area contributed by atoms with E-state index in [1.54, 1.807) is 13.0 Å². The van der Waals surface area contributed by atoms with Gasteiger partial charge in [-0.05, 0) is 24.6 Å². The topological polar surface area (TPSA) is 86.6 Å². The molecule has 0 saturated heterocycles. The number of hydrogen-bond donors (Lipinski definition) is 3. The van der Waals surface area contributed by atoms with Gasteiger partial charge in [-0.25, -0.2) is 4.79 Å². The molecule has 0 radical (unpaired) electrons. The lowest BCUT2D eigenvalue weighted by molar-refractivity contribution is -0.110. The van der Waals surface area contributed by atoms with Crippen LogP contribution in [0.4, 0.5) is 0 Å². The molecule has 15 heavy (non-hydrogen) atoms. The maximum absolute atomic E-state index is 10.6. The van der Waals surface area contributed by atoms with Crippen molar-refractivity contribution in [3.63, 3.8) is 0 Å². The maximum atomic E-state index is 10.6. The second-order valence-corrected chi connectivity index (χ2v) is 3.09. The molecular weight excluding hydrogens is 198 g/mol. The van der Waals surface area contributed by atoms with Crippen molar-refractivity contribution < 1.29 is 19.8 Å². The standard InChI is InChI=1S/C10H11NO4/c1-6(11-5-12)7-2-3-8(10(14)15)9(13)4-7/h2-6,13H,1H3,(H,11,12)(H,14,15). The molecule has 0 fully saturated rings. The zero-order valence-corrected chi connectivity index (χ0v) is 8.10. The predicted molar refractivity (Wildman–Crippen MR) is 52.7 cm³/mol. The molecule has 0 bridgehead atoms. The molecule has 0 aromatic heterocycles. The number of amides is 1. The molecule has 1 unspecified atom stereocenters. The van der Waals surface area contributed by atoms with E-state index in [1.807, 2.05) is 0 Å². The number of carbonyl (C=O) groups is 2. The van der Waals surface area contributed by atoms with Crippen LogP contribution in [0.2, 0.25) is 0 Å². The van der Waals surface area contributed by atoms with E-state index in [2.05, 4.69) is 5.32 Å². The Balaban J connectivity index is 3.00. The first kappa shape index (κ1) is 11.0. The van der Waals surface area contributed by atoms with Crippen LogP contribution in [0.5, 0.6) is 5.75 Å².